The molecule has 0 radical (unpaired) electrons. The molecule has 0 fully saturated rings. The summed E-state index contributed by atoms with van der Waals surface area (Å²) >= 11 is 0. The van der Waals surface area contributed by atoms with Gasteiger partial charge in [-0.3, -0.25) is 14.2 Å². The van der Waals surface area contributed by atoms with Gasteiger partial charge in [0.15, 0.2) is 0 Å². The number of hydrogen-bond acceptors (Lipinski definition) is 3. The molecule has 0 aliphatic rings. The molecule has 0 aliphatic heterocycles. The Labute approximate surface area is 86.5 Å². The molecule has 15 heavy (non-hydrogen) atoms. The quantitative estimate of drug-likeness (QED) is 0.696. The van der Waals surface area contributed by atoms with Crippen LogP contribution < -0.4 is 0 Å². The van der Waals surface area contributed by atoms with Crippen molar-refractivity contribution in [2.75, 3.05) is 0 Å². The van der Waals surface area contributed by atoms with Gasteiger partial charge in [-0.05, 0) is 25.1 Å². The van der Waals surface area contributed by atoms with E-state index in [0.29, 0.717) is 5.65 Å². The van der Waals surface area contributed by atoms with Gasteiger partial charge < -0.3 is 0 Å². The van der Waals surface area contributed by atoms with E-state index in [0.717, 1.165) is 5.39 Å². The molecule has 0 unspecified atom stereocenters. The van der Waals surface area contributed by atoms with E-state index in [1.165, 1.54) is 11.5 Å². The highest BCUT2D eigenvalue weighted by molar-refractivity contribution is 6.01. The van der Waals surface area contributed by atoms with Gasteiger partial charge in [-0.25, -0.2) is 4.98 Å². The van der Waals surface area contributed by atoms with Gasteiger partial charge in [0.2, 0.25) is 5.91 Å². The first-order valence-electron chi connectivity index (χ1n) is 4.63. The van der Waals surface area contributed by atoms with Crippen LogP contribution in [0.2, 0.25) is 0 Å². The number of carbonyl (C=O) groups is 2. The Morgan fingerprint density at radius 2 is 2.20 bits per heavy atom. The predicted octanol–water partition coefficient (Wildman–Crippen LogP) is 1.66. The second kappa shape index (κ2) is 3.65. The van der Waals surface area contributed by atoms with Crippen LogP contribution in [0.5, 0.6) is 0 Å². The van der Waals surface area contributed by atoms with Crippen molar-refractivity contribution in [2.24, 2.45) is 0 Å². The van der Waals surface area contributed by atoms with Crippen LogP contribution in [0.15, 0.2) is 30.6 Å². The van der Waals surface area contributed by atoms with Crippen LogP contribution in [0.4, 0.5) is 0 Å². The maximum atomic E-state index is 11.6. The van der Waals surface area contributed by atoms with Crippen molar-refractivity contribution in [3.8, 4) is 0 Å². The number of rotatable bonds is 2. The first-order chi connectivity index (χ1) is 7.18. The number of hydrogen-bond donors (Lipinski definition) is 0. The molecule has 0 saturated heterocycles. The molecule has 0 atom stereocenters. The molecule has 0 amide bonds. The number of fused-ring (bicyclic) bond motifs is 1. The molecular weight excluding hydrogens is 192 g/mol. The van der Waals surface area contributed by atoms with Gasteiger partial charge in [0.25, 0.3) is 0 Å². The van der Waals surface area contributed by atoms with Gasteiger partial charge in [0.05, 0.1) is 6.42 Å². The molecule has 2 aromatic rings. The molecule has 0 saturated carbocycles. The molecule has 4 nitrogen and oxygen atoms in total. The van der Waals surface area contributed by atoms with Crippen molar-refractivity contribution in [1.82, 2.24) is 9.55 Å². The van der Waals surface area contributed by atoms with Crippen molar-refractivity contribution in [1.29, 1.82) is 0 Å². The van der Waals surface area contributed by atoms with Gasteiger partial charge in [-0.15, -0.1) is 0 Å². The average molecular weight is 202 g/mol. The van der Waals surface area contributed by atoms with Crippen molar-refractivity contribution < 1.29 is 9.59 Å². The Morgan fingerprint density at radius 1 is 1.40 bits per heavy atom. The monoisotopic (exact) mass is 202 g/mol. The van der Waals surface area contributed by atoms with Crippen molar-refractivity contribution in [3.05, 3.63) is 30.6 Å². The topological polar surface area (TPSA) is 52.0 Å². The number of aromatic nitrogens is 2. The van der Waals surface area contributed by atoms with E-state index in [1.54, 1.807) is 18.5 Å². The first kappa shape index (κ1) is 9.58. The predicted molar refractivity (Wildman–Crippen MR) is 55.7 cm³/mol. The normalized spacial score (nSPS) is 10.5. The fraction of sp³-hybridized carbons (Fsp3) is 0.182. The van der Waals surface area contributed by atoms with Crippen LogP contribution in [0.1, 0.15) is 18.1 Å². The molecule has 0 spiro atoms. The van der Waals surface area contributed by atoms with Crippen LogP contribution in [0, 0.1) is 0 Å². The Bertz CT molecular complexity index is 528. The molecular formula is C11H10N2O2. The fourth-order valence-corrected chi connectivity index (χ4v) is 1.47. The summed E-state index contributed by atoms with van der Waals surface area (Å²) in [4.78, 5) is 26.6. The largest absolute Gasteiger partial charge is 0.299 e. The second-order valence-electron chi connectivity index (χ2n) is 3.37. The molecule has 0 bridgehead atoms. The molecule has 0 N–H and O–H groups in total. The summed E-state index contributed by atoms with van der Waals surface area (Å²) in [6, 6.07) is 5.49. The zero-order chi connectivity index (χ0) is 10.8. The van der Waals surface area contributed by atoms with E-state index in [1.807, 2.05) is 12.1 Å². The Hall–Kier alpha value is -1.97. The lowest BCUT2D eigenvalue weighted by atomic mass is 10.3. The second-order valence-corrected chi connectivity index (χ2v) is 3.37. The molecule has 76 valence electrons. The number of ketones is 1. The van der Waals surface area contributed by atoms with E-state index < -0.39 is 0 Å². The van der Waals surface area contributed by atoms with Crippen LogP contribution in [0.25, 0.3) is 11.0 Å². The lowest BCUT2D eigenvalue weighted by Crippen LogP contribution is -2.13. The van der Waals surface area contributed by atoms with Crippen LogP contribution in [0.3, 0.4) is 0 Å². The standard InChI is InChI=1S/C11H10N2O2/c1-8(14)7-10(15)13-6-4-9-3-2-5-12-11(9)13/h2-6H,7H2,1H3. The van der Waals surface area contributed by atoms with Gasteiger partial charge in [0, 0.05) is 17.8 Å². The molecule has 0 aliphatic carbocycles. The number of carbonyl (C=O) groups excluding carboxylic acids is 2. The zero-order valence-corrected chi connectivity index (χ0v) is 8.30. The molecule has 2 rings (SSSR count). The summed E-state index contributed by atoms with van der Waals surface area (Å²) in [5, 5.41) is 0.898. The van der Waals surface area contributed by atoms with Crippen molar-refractivity contribution in [3.63, 3.8) is 0 Å². The summed E-state index contributed by atoms with van der Waals surface area (Å²) in [5.74, 6) is -0.381. The number of Topliss-reactive ketones (excluding diaryl/α,β-unsaturated/α-hetero) is 1. The summed E-state index contributed by atoms with van der Waals surface area (Å²) in [5.41, 5.74) is 0.601. The van der Waals surface area contributed by atoms with Crippen LogP contribution >= 0.6 is 0 Å². The van der Waals surface area contributed by atoms with E-state index in [4.69, 9.17) is 0 Å². The highest BCUT2D eigenvalue weighted by atomic mass is 16.2. The summed E-state index contributed by atoms with van der Waals surface area (Å²) in [6.07, 6.45) is 3.18. The molecule has 0 aromatic carbocycles. The molecule has 4 heteroatoms. The smallest absolute Gasteiger partial charge is 0.239 e. The Balaban J connectivity index is 2.44. The zero-order valence-electron chi connectivity index (χ0n) is 8.30. The number of pyridine rings is 1. The molecule has 2 aromatic heterocycles. The van der Waals surface area contributed by atoms with Crippen molar-refractivity contribution in [2.45, 2.75) is 13.3 Å². The summed E-state index contributed by atoms with van der Waals surface area (Å²) < 4.78 is 1.41. The lowest BCUT2D eigenvalue weighted by Gasteiger charge is -2.00. The summed E-state index contributed by atoms with van der Waals surface area (Å²) in [7, 11) is 0. The first-order valence-corrected chi connectivity index (χ1v) is 4.63. The van der Waals surface area contributed by atoms with Gasteiger partial charge >= 0.3 is 0 Å². The van der Waals surface area contributed by atoms with E-state index in [2.05, 4.69) is 4.98 Å². The molecule has 2 heterocycles. The van der Waals surface area contributed by atoms with Gasteiger partial charge in [-0.2, -0.15) is 0 Å². The Morgan fingerprint density at radius 3 is 2.93 bits per heavy atom. The number of nitrogens with zero attached hydrogens (tertiary/aromatic N) is 2. The average Bonchev–Trinajstić information content (AvgIpc) is 2.59. The Kier molecular flexibility index (Phi) is 2.33. The van der Waals surface area contributed by atoms with Gasteiger partial charge in [-0.1, -0.05) is 0 Å². The minimum absolute atomic E-state index is 0.0830. The third-order valence-corrected chi connectivity index (χ3v) is 2.12. The van der Waals surface area contributed by atoms with Crippen LogP contribution in [-0.2, 0) is 4.79 Å². The minimum Gasteiger partial charge on any atom is -0.299 e. The maximum Gasteiger partial charge on any atom is 0.239 e. The fourth-order valence-electron chi connectivity index (χ4n) is 1.47. The van der Waals surface area contributed by atoms with Gasteiger partial charge in [0.1, 0.15) is 11.4 Å². The maximum absolute atomic E-state index is 11.6. The third kappa shape index (κ3) is 1.79. The minimum atomic E-state index is -0.240. The summed E-state index contributed by atoms with van der Waals surface area (Å²) in [6.45, 7) is 1.40. The SMILES string of the molecule is CC(=O)CC(=O)n1ccc2cccnc21. The van der Waals surface area contributed by atoms with Crippen molar-refractivity contribution >= 4 is 22.7 Å². The third-order valence-electron chi connectivity index (χ3n) is 2.12. The lowest BCUT2D eigenvalue weighted by molar-refractivity contribution is -0.116. The van der Waals surface area contributed by atoms with Crippen LogP contribution in [-0.4, -0.2) is 21.2 Å². The van der Waals surface area contributed by atoms with E-state index in [9.17, 15) is 9.59 Å². The van der Waals surface area contributed by atoms with E-state index >= 15 is 0 Å². The highest BCUT2D eigenvalue weighted by Gasteiger charge is 2.10. The highest BCUT2D eigenvalue weighted by Crippen LogP contribution is 2.12. The van der Waals surface area contributed by atoms with E-state index in [-0.39, 0.29) is 18.1 Å².